The molecular formula is C7H10O5. The van der Waals surface area contributed by atoms with Crippen LogP contribution in [0.5, 0.6) is 0 Å². The number of carbonyl (C=O) groups is 3. The van der Waals surface area contributed by atoms with Gasteiger partial charge in [0.1, 0.15) is 5.78 Å². The van der Waals surface area contributed by atoms with E-state index in [0.29, 0.717) is 0 Å². The smallest absolute Gasteiger partial charge is 0.320 e. The summed E-state index contributed by atoms with van der Waals surface area (Å²) in [4.78, 5) is 31.6. The first-order chi connectivity index (χ1) is 5.49. The van der Waals surface area contributed by atoms with Gasteiger partial charge < -0.3 is 9.84 Å². The number of carbonyl (C=O) groups excluding carboxylic acids is 2. The summed E-state index contributed by atoms with van der Waals surface area (Å²) in [7, 11) is 1.08. The Morgan fingerprint density at radius 1 is 1.42 bits per heavy atom. The van der Waals surface area contributed by atoms with E-state index in [-0.39, 0.29) is 12.2 Å². The number of rotatable bonds is 4. The molecule has 0 amide bonds. The van der Waals surface area contributed by atoms with E-state index >= 15 is 0 Å². The summed E-state index contributed by atoms with van der Waals surface area (Å²) < 4.78 is 4.20. The summed E-state index contributed by atoms with van der Waals surface area (Å²) in [5.41, 5.74) is 0. The summed E-state index contributed by atoms with van der Waals surface area (Å²) in [5, 5.41) is 8.47. The molecule has 0 saturated carbocycles. The van der Waals surface area contributed by atoms with Crippen molar-refractivity contribution >= 4 is 17.7 Å². The molecule has 0 bridgehead atoms. The first-order valence-electron chi connectivity index (χ1n) is 3.29. The second-order valence-electron chi connectivity index (χ2n) is 2.32. The molecule has 12 heavy (non-hydrogen) atoms. The Morgan fingerprint density at radius 3 is 2.17 bits per heavy atom. The first kappa shape index (κ1) is 10.6. The van der Waals surface area contributed by atoms with Crippen LogP contribution in [0.25, 0.3) is 0 Å². The molecular weight excluding hydrogens is 164 g/mol. The van der Waals surface area contributed by atoms with E-state index in [2.05, 4.69) is 4.74 Å². The minimum Gasteiger partial charge on any atom is -0.481 e. The van der Waals surface area contributed by atoms with Crippen LogP contribution >= 0.6 is 0 Å². The van der Waals surface area contributed by atoms with Gasteiger partial charge in [0.25, 0.3) is 0 Å². The SMILES string of the molecule is COC(=O)C(CC(C)=O)C(=O)O. The van der Waals surface area contributed by atoms with E-state index in [9.17, 15) is 14.4 Å². The molecule has 5 heteroatoms. The van der Waals surface area contributed by atoms with Crippen molar-refractivity contribution < 1.29 is 24.2 Å². The van der Waals surface area contributed by atoms with E-state index in [1.165, 1.54) is 6.92 Å². The molecule has 1 N–H and O–H groups in total. The third kappa shape index (κ3) is 3.14. The molecule has 0 fully saturated rings. The predicted octanol–water partition coefficient (Wildman–Crippen LogP) is -0.161. The number of carboxylic acid groups (broad SMARTS) is 1. The van der Waals surface area contributed by atoms with Crippen LogP contribution in [0.3, 0.4) is 0 Å². The molecule has 0 aromatic rings. The van der Waals surface area contributed by atoms with E-state index in [1.807, 2.05) is 0 Å². The molecule has 68 valence electrons. The van der Waals surface area contributed by atoms with Gasteiger partial charge in [0.2, 0.25) is 0 Å². The van der Waals surface area contributed by atoms with Gasteiger partial charge in [-0.25, -0.2) is 0 Å². The fraction of sp³-hybridized carbons (Fsp3) is 0.571. The van der Waals surface area contributed by atoms with Crippen molar-refractivity contribution in [3.8, 4) is 0 Å². The zero-order valence-corrected chi connectivity index (χ0v) is 6.86. The van der Waals surface area contributed by atoms with Gasteiger partial charge in [-0.05, 0) is 6.92 Å². The molecule has 1 unspecified atom stereocenters. The van der Waals surface area contributed by atoms with Crippen molar-refractivity contribution in [1.29, 1.82) is 0 Å². The summed E-state index contributed by atoms with van der Waals surface area (Å²) in [6.07, 6.45) is -0.317. The number of methoxy groups -OCH3 is 1. The first-order valence-corrected chi connectivity index (χ1v) is 3.29. The van der Waals surface area contributed by atoms with Crippen molar-refractivity contribution in [2.45, 2.75) is 13.3 Å². The Balaban J connectivity index is 4.33. The van der Waals surface area contributed by atoms with Gasteiger partial charge in [0, 0.05) is 6.42 Å². The van der Waals surface area contributed by atoms with E-state index in [4.69, 9.17) is 5.11 Å². The summed E-state index contributed by atoms with van der Waals surface area (Å²) in [6, 6.07) is 0. The Hall–Kier alpha value is -1.39. The fourth-order valence-electron chi connectivity index (χ4n) is 0.701. The molecule has 0 aliphatic rings. The second kappa shape index (κ2) is 4.48. The number of hydrogen-bond acceptors (Lipinski definition) is 4. The van der Waals surface area contributed by atoms with Gasteiger partial charge in [-0.1, -0.05) is 0 Å². The maximum Gasteiger partial charge on any atom is 0.320 e. The number of Topliss-reactive ketones (excluding diaryl/α,β-unsaturated/α-hetero) is 1. The zero-order valence-electron chi connectivity index (χ0n) is 6.86. The second-order valence-corrected chi connectivity index (χ2v) is 2.32. The number of hydrogen-bond donors (Lipinski definition) is 1. The molecule has 0 radical (unpaired) electrons. The third-order valence-electron chi connectivity index (χ3n) is 1.28. The number of esters is 1. The van der Waals surface area contributed by atoms with Crippen molar-refractivity contribution in [2.24, 2.45) is 5.92 Å². The maximum absolute atomic E-state index is 10.7. The lowest BCUT2D eigenvalue weighted by molar-refractivity contribution is -0.158. The molecule has 0 aliphatic heterocycles. The van der Waals surface area contributed by atoms with E-state index in [0.717, 1.165) is 7.11 Å². The van der Waals surface area contributed by atoms with Gasteiger partial charge in [-0.2, -0.15) is 0 Å². The summed E-state index contributed by atoms with van der Waals surface area (Å²) in [6.45, 7) is 1.22. The van der Waals surface area contributed by atoms with E-state index in [1.54, 1.807) is 0 Å². The third-order valence-corrected chi connectivity index (χ3v) is 1.28. The highest BCUT2D eigenvalue weighted by Gasteiger charge is 2.28. The monoisotopic (exact) mass is 174 g/mol. The Bertz CT molecular complexity index is 208. The Kier molecular flexibility index (Phi) is 3.96. The van der Waals surface area contributed by atoms with Gasteiger partial charge >= 0.3 is 11.9 Å². The minimum atomic E-state index is -1.37. The van der Waals surface area contributed by atoms with Gasteiger partial charge in [0.05, 0.1) is 7.11 Å². The van der Waals surface area contributed by atoms with E-state index < -0.39 is 17.9 Å². The number of carboxylic acids is 1. The molecule has 5 nitrogen and oxygen atoms in total. The molecule has 0 spiro atoms. The van der Waals surface area contributed by atoms with Crippen LogP contribution in [0.4, 0.5) is 0 Å². The molecule has 0 heterocycles. The lowest BCUT2D eigenvalue weighted by Gasteiger charge is -2.06. The van der Waals surface area contributed by atoms with Crippen molar-refractivity contribution in [2.75, 3.05) is 7.11 Å². The lowest BCUT2D eigenvalue weighted by atomic mass is 10.0. The molecule has 0 rings (SSSR count). The minimum absolute atomic E-state index is 0.317. The van der Waals surface area contributed by atoms with Crippen LogP contribution in [0, 0.1) is 5.92 Å². The normalized spacial score (nSPS) is 11.8. The predicted molar refractivity (Wildman–Crippen MR) is 38.4 cm³/mol. The topological polar surface area (TPSA) is 80.7 Å². The molecule has 1 atom stereocenters. The molecule has 0 aromatic carbocycles. The highest BCUT2D eigenvalue weighted by Crippen LogP contribution is 2.06. The fourth-order valence-corrected chi connectivity index (χ4v) is 0.701. The van der Waals surface area contributed by atoms with Crippen molar-refractivity contribution in [3.05, 3.63) is 0 Å². The summed E-state index contributed by atoms with van der Waals surface area (Å²) in [5.74, 6) is -3.95. The Morgan fingerprint density at radius 2 is 1.92 bits per heavy atom. The largest absolute Gasteiger partial charge is 0.481 e. The van der Waals surface area contributed by atoms with Crippen LogP contribution in [-0.4, -0.2) is 29.9 Å². The van der Waals surface area contributed by atoms with Gasteiger partial charge in [0.15, 0.2) is 5.92 Å². The lowest BCUT2D eigenvalue weighted by Crippen LogP contribution is -2.26. The van der Waals surface area contributed by atoms with Crippen LogP contribution in [0.2, 0.25) is 0 Å². The van der Waals surface area contributed by atoms with Gasteiger partial charge in [-0.3, -0.25) is 14.4 Å². The number of ether oxygens (including phenoxy) is 1. The highest BCUT2D eigenvalue weighted by molar-refractivity contribution is 5.97. The van der Waals surface area contributed by atoms with Crippen LogP contribution in [-0.2, 0) is 19.1 Å². The zero-order chi connectivity index (χ0) is 9.72. The Labute approximate surface area is 69.3 Å². The summed E-state index contributed by atoms with van der Waals surface area (Å²) >= 11 is 0. The number of ketones is 1. The van der Waals surface area contributed by atoms with Crippen LogP contribution in [0.1, 0.15) is 13.3 Å². The van der Waals surface area contributed by atoms with Crippen molar-refractivity contribution in [3.63, 3.8) is 0 Å². The van der Waals surface area contributed by atoms with Gasteiger partial charge in [-0.15, -0.1) is 0 Å². The quantitative estimate of drug-likeness (QED) is 0.473. The molecule has 0 aliphatic carbocycles. The van der Waals surface area contributed by atoms with Crippen LogP contribution in [0.15, 0.2) is 0 Å². The van der Waals surface area contributed by atoms with Crippen LogP contribution < -0.4 is 0 Å². The standard InChI is InChI=1S/C7H10O5/c1-4(8)3-5(6(9)10)7(11)12-2/h5H,3H2,1-2H3,(H,9,10). The average molecular weight is 174 g/mol. The average Bonchev–Trinajstić information content (AvgIpc) is 1.98. The molecule has 0 saturated heterocycles. The molecule has 0 aromatic heterocycles. The highest BCUT2D eigenvalue weighted by atomic mass is 16.5. The van der Waals surface area contributed by atoms with Crippen molar-refractivity contribution in [1.82, 2.24) is 0 Å². The number of aliphatic carboxylic acids is 1. The maximum atomic E-state index is 10.7.